The van der Waals surface area contributed by atoms with E-state index in [-0.39, 0.29) is 18.1 Å². The molecule has 0 saturated carbocycles. The van der Waals surface area contributed by atoms with Crippen LogP contribution in [-0.2, 0) is 4.79 Å². The van der Waals surface area contributed by atoms with Crippen LogP contribution < -0.4 is 5.32 Å². The maximum absolute atomic E-state index is 11.8. The fourth-order valence-corrected chi connectivity index (χ4v) is 2.11. The molecule has 1 amide bonds. The predicted octanol–water partition coefficient (Wildman–Crippen LogP) is 3.20. The lowest BCUT2D eigenvalue weighted by Gasteiger charge is -2.14. The second-order valence-corrected chi connectivity index (χ2v) is 5.03. The fraction of sp³-hybridized carbons (Fsp3) is 0.562. The maximum atomic E-state index is 11.8. The van der Waals surface area contributed by atoms with E-state index in [1.54, 1.807) is 0 Å². The molecule has 0 aliphatic heterocycles. The van der Waals surface area contributed by atoms with E-state index in [9.17, 15) is 9.90 Å². The van der Waals surface area contributed by atoms with Crippen molar-refractivity contribution in [2.45, 2.75) is 58.1 Å². The molecule has 0 spiro atoms. The molecule has 1 aromatic carbocycles. The van der Waals surface area contributed by atoms with Crippen LogP contribution in [0.4, 0.5) is 0 Å². The summed E-state index contributed by atoms with van der Waals surface area (Å²) in [6.07, 6.45) is 3.48. The molecular weight excluding hydrogens is 238 g/mol. The van der Waals surface area contributed by atoms with E-state index in [2.05, 4.69) is 12.2 Å². The Morgan fingerprint density at radius 3 is 2.58 bits per heavy atom. The van der Waals surface area contributed by atoms with Crippen molar-refractivity contribution in [2.75, 3.05) is 0 Å². The first-order chi connectivity index (χ1) is 9.13. The normalized spacial score (nSPS) is 13.8. The molecule has 2 unspecified atom stereocenters. The average Bonchev–Trinajstić information content (AvgIpc) is 2.40. The van der Waals surface area contributed by atoms with Crippen molar-refractivity contribution in [1.82, 2.24) is 5.32 Å². The van der Waals surface area contributed by atoms with Gasteiger partial charge in [-0.05, 0) is 31.7 Å². The molecule has 0 aliphatic carbocycles. The zero-order valence-electron chi connectivity index (χ0n) is 11.9. The molecule has 0 radical (unpaired) electrons. The Morgan fingerprint density at radius 1 is 1.26 bits per heavy atom. The zero-order valence-corrected chi connectivity index (χ0v) is 11.9. The predicted molar refractivity (Wildman–Crippen MR) is 77.8 cm³/mol. The van der Waals surface area contributed by atoms with Gasteiger partial charge < -0.3 is 10.4 Å². The van der Waals surface area contributed by atoms with E-state index >= 15 is 0 Å². The zero-order chi connectivity index (χ0) is 14.1. The van der Waals surface area contributed by atoms with Gasteiger partial charge in [0.25, 0.3) is 0 Å². The molecule has 0 heterocycles. The average molecular weight is 263 g/mol. The van der Waals surface area contributed by atoms with Gasteiger partial charge in [0.15, 0.2) is 0 Å². The highest BCUT2D eigenvalue weighted by Gasteiger charge is 2.10. The first-order valence-electron chi connectivity index (χ1n) is 7.15. The number of carbonyl (C=O) groups excluding carboxylic acids is 1. The molecule has 1 aromatic rings. The summed E-state index contributed by atoms with van der Waals surface area (Å²) in [5.74, 6) is 0.0556. The highest BCUT2D eigenvalue weighted by Crippen LogP contribution is 2.12. The van der Waals surface area contributed by atoms with E-state index in [1.807, 2.05) is 37.3 Å². The summed E-state index contributed by atoms with van der Waals surface area (Å²) in [6.45, 7) is 4.04. The minimum absolute atomic E-state index is 0.0364. The van der Waals surface area contributed by atoms with Gasteiger partial charge in [-0.25, -0.2) is 0 Å². The van der Waals surface area contributed by atoms with Crippen LogP contribution in [0.25, 0.3) is 0 Å². The molecule has 0 bridgehead atoms. The third-order valence-electron chi connectivity index (χ3n) is 3.24. The molecular formula is C16H25NO2. The minimum atomic E-state index is -0.260. The third kappa shape index (κ3) is 6.39. The lowest BCUT2D eigenvalue weighted by Crippen LogP contribution is -2.26. The number of amides is 1. The molecule has 0 saturated heterocycles. The second-order valence-electron chi connectivity index (χ2n) is 5.03. The summed E-state index contributed by atoms with van der Waals surface area (Å²) < 4.78 is 0. The number of aliphatic hydroxyl groups excluding tert-OH is 1. The monoisotopic (exact) mass is 263 g/mol. The van der Waals surface area contributed by atoms with Crippen LogP contribution in [0.3, 0.4) is 0 Å². The largest absolute Gasteiger partial charge is 0.393 e. The molecule has 0 fully saturated rings. The van der Waals surface area contributed by atoms with Crippen molar-refractivity contribution < 1.29 is 9.90 Å². The molecule has 2 atom stereocenters. The van der Waals surface area contributed by atoms with Gasteiger partial charge in [0.05, 0.1) is 12.1 Å². The van der Waals surface area contributed by atoms with Gasteiger partial charge in [0.2, 0.25) is 5.91 Å². The van der Waals surface area contributed by atoms with Crippen LogP contribution >= 0.6 is 0 Å². The fourth-order valence-electron chi connectivity index (χ4n) is 2.11. The summed E-state index contributed by atoms with van der Waals surface area (Å²) in [5, 5.41) is 12.6. The van der Waals surface area contributed by atoms with Gasteiger partial charge in [-0.15, -0.1) is 0 Å². The number of rotatable bonds is 8. The summed E-state index contributed by atoms with van der Waals surface area (Å²) in [6, 6.07) is 9.96. The first kappa shape index (κ1) is 15.7. The number of hydrogen-bond donors (Lipinski definition) is 2. The molecule has 19 heavy (non-hydrogen) atoms. The first-order valence-corrected chi connectivity index (χ1v) is 7.15. The van der Waals surface area contributed by atoms with E-state index in [0.717, 1.165) is 24.8 Å². The van der Waals surface area contributed by atoms with Crippen LogP contribution in [0.15, 0.2) is 30.3 Å². The van der Waals surface area contributed by atoms with Crippen molar-refractivity contribution in [3.63, 3.8) is 0 Å². The van der Waals surface area contributed by atoms with Gasteiger partial charge >= 0.3 is 0 Å². The van der Waals surface area contributed by atoms with Crippen LogP contribution in [0.5, 0.6) is 0 Å². The van der Waals surface area contributed by atoms with E-state index < -0.39 is 0 Å². The Morgan fingerprint density at radius 2 is 1.95 bits per heavy atom. The smallest absolute Gasteiger partial charge is 0.220 e. The number of aliphatic hydroxyl groups is 1. The van der Waals surface area contributed by atoms with Crippen molar-refractivity contribution in [3.05, 3.63) is 35.9 Å². The quantitative estimate of drug-likeness (QED) is 0.756. The Kier molecular flexibility index (Phi) is 7.19. The van der Waals surface area contributed by atoms with Gasteiger partial charge in [-0.3, -0.25) is 4.79 Å². The van der Waals surface area contributed by atoms with E-state index in [1.165, 1.54) is 0 Å². The Balaban J connectivity index is 2.24. The Hall–Kier alpha value is -1.35. The molecule has 0 aromatic heterocycles. The van der Waals surface area contributed by atoms with Crippen molar-refractivity contribution in [2.24, 2.45) is 0 Å². The van der Waals surface area contributed by atoms with Gasteiger partial charge in [0.1, 0.15) is 0 Å². The summed E-state index contributed by atoms with van der Waals surface area (Å²) in [5.41, 5.74) is 1.11. The number of nitrogens with one attached hydrogen (secondary N) is 1. The van der Waals surface area contributed by atoms with E-state index in [0.29, 0.717) is 12.8 Å². The van der Waals surface area contributed by atoms with Crippen molar-refractivity contribution in [1.29, 1.82) is 0 Å². The van der Waals surface area contributed by atoms with Crippen LogP contribution in [0.1, 0.15) is 57.6 Å². The molecule has 2 N–H and O–H groups in total. The third-order valence-corrected chi connectivity index (χ3v) is 3.24. The SMILES string of the molecule is CCCC(O)CCCC(=O)NC(C)c1ccccc1. The van der Waals surface area contributed by atoms with Crippen LogP contribution in [0.2, 0.25) is 0 Å². The van der Waals surface area contributed by atoms with Gasteiger partial charge in [-0.2, -0.15) is 0 Å². The Labute approximate surface area is 116 Å². The lowest BCUT2D eigenvalue weighted by molar-refractivity contribution is -0.121. The molecule has 0 aliphatic rings. The molecule has 3 heteroatoms. The summed E-state index contributed by atoms with van der Waals surface area (Å²) in [4.78, 5) is 11.8. The van der Waals surface area contributed by atoms with Crippen molar-refractivity contribution >= 4 is 5.91 Å². The standard InChI is InChI=1S/C16H25NO2/c1-3-8-15(18)11-7-12-16(19)17-13(2)14-9-5-4-6-10-14/h4-6,9-10,13,15,18H,3,7-8,11-12H2,1-2H3,(H,17,19). The lowest BCUT2D eigenvalue weighted by atomic mass is 10.1. The number of benzene rings is 1. The molecule has 1 rings (SSSR count). The Bertz CT molecular complexity index is 364. The summed E-state index contributed by atoms with van der Waals surface area (Å²) in [7, 11) is 0. The molecule has 3 nitrogen and oxygen atoms in total. The van der Waals surface area contributed by atoms with Gasteiger partial charge in [-0.1, -0.05) is 43.7 Å². The van der Waals surface area contributed by atoms with Crippen LogP contribution in [-0.4, -0.2) is 17.1 Å². The summed E-state index contributed by atoms with van der Waals surface area (Å²) >= 11 is 0. The van der Waals surface area contributed by atoms with E-state index in [4.69, 9.17) is 0 Å². The second kappa shape index (κ2) is 8.70. The molecule has 106 valence electrons. The van der Waals surface area contributed by atoms with Gasteiger partial charge in [0, 0.05) is 6.42 Å². The highest BCUT2D eigenvalue weighted by atomic mass is 16.3. The van der Waals surface area contributed by atoms with Crippen LogP contribution in [0, 0.1) is 0 Å². The highest BCUT2D eigenvalue weighted by molar-refractivity contribution is 5.76. The number of hydrogen-bond acceptors (Lipinski definition) is 2. The topological polar surface area (TPSA) is 49.3 Å². The van der Waals surface area contributed by atoms with Crippen molar-refractivity contribution in [3.8, 4) is 0 Å². The maximum Gasteiger partial charge on any atom is 0.220 e. The minimum Gasteiger partial charge on any atom is -0.393 e. The number of carbonyl (C=O) groups is 1.